The zero-order valence-electron chi connectivity index (χ0n) is 26.4. The summed E-state index contributed by atoms with van der Waals surface area (Å²) in [5.74, 6) is 1.20. The maximum absolute atomic E-state index is 13.9. The SMILES string of the molecule is CC(c1ccc(C(C(=O)NC(CO)c2ccccc2)C2CCCC2)cc1)n1c(CC2CCCCC2)nc2c1c(=O)[nH]c(=O)n2C. The van der Waals surface area contributed by atoms with Crippen molar-refractivity contribution in [1.82, 2.24) is 24.4 Å². The van der Waals surface area contributed by atoms with Crippen LogP contribution in [0.25, 0.3) is 11.2 Å². The molecule has 45 heavy (non-hydrogen) atoms. The quantitative estimate of drug-likeness (QED) is 0.225. The summed E-state index contributed by atoms with van der Waals surface area (Å²) in [5.41, 5.74) is 2.77. The molecule has 9 nitrogen and oxygen atoms in total. The molecule has 9 heteroatoms. The van der Waals surface area contributed by atoms with Crippen LogP contribution in [0.2, 0.25) is 0 Å². The summed E-state index contributed by atoms with van der Waals surface area (Å²) in [5, 5.41) is 13.3. The number of aromatic nitrogens is 4. The maximum atomic E-state index is 13.9. The van der Waals surface area contributed by atoms with Crippen LogP contribution in [0, 0.1) is 11.8 Å². The van der Waals surface area contributed by atoms with E-state index in [1.807, 2.05) is 47.0 Å². The van der Waals surface area contributed by atoms with Crippen molar-refractivity contribution in [3.63, 3.8) is 0 Å². The average molecular weight is 612 g/mol. The molecule has 0 saturated heterocycles. The van der Waals surface area contributed by atoms with Gasteiger partial charge in [-0.1, -0.05) is 99.5 Å². The van der Waals surface area contributed by atoms with Gasteiger partial charge in [0, 0.05) is 13.5 Å². The van der Waals surface area contributed by atoms with E-state index in [0.29, 0.717) is 17.1 Å². The van der Waals surface area contributed by atoms with Crippen molar-refractivity contribution in [1.29, 1.82) is 0 Å². The zero-order chi connectivity index (χ0) is 31.5. The second-order valence-electron chi connectivity index (χ2n) is 13.1. The van der Waals surface area contributed by atoms with E-state index in [9.17, 15) is 19.5 Å². The smallest absolute Gasteiger partial charge is 0.329 e. The Bertz CT molecular complexity index is 1730. The summed E-state index contributed by atoms with van der Waals surface area (Å²) < 4.78 is 3.44. The van der Waals surface area contributed by atoms with Crippen molar-refractivity contribution in [3.8, 4) is 0 Å². The highest BCUT2D eigenvalue weighted by Gasteiger charge is 2.33. The molecule has 3 N–H and O–H groups in total. The van der Waals surface area contributed by atoms with Crippen molar-refractivity contribution in [2.24, 2.45) is 18.9 Å². The Labute approximate surface area is 263 Å². The van der Waals surface area contributed by atoms with E-state index in [4.69, 9.17) is 4.98 Å². The van der Waals surface area contributed by atoms with Gasteiger partial charge in [0.2, 0.25) is 5.91 Å². The lowest BCUT2D eigenvalue weighted by Crippen LogP contribution is -2.37. The van der Waals surface area contributed by atoms with Gasteiger partial charge in [0.05, 0.1) is 24.6 Å². The number of benzene rings is 2. The summed E-state index contributed by atoms with van der Waals surface area (Å²) in [7, 11) is 1.65. The normalized spacial score (nSPS) is 18.2. The summed E-state index contributed by atoms with van der Waals surface area (Å²) >= 11 is 0. The molecule has 2 aliphatic carbocycles. The molecule has 2 heterocycles. The van der Waals surface area contributed by atoms with Gasteiger partial charge in [-0.2, -0.15) is 0 Å². The summed E-state index contributed by atoms with van der Waals surface area (Å²) in [4.78, 5) is 46.9. The number of aliphatic hydroxyl groups excluding tert-OH is 1. The third-order valence-electron chi connectivity index (χ3n) is 10.2. The molecular weight excluding hydrogens is 566 g/mol. The summed E-state index contributed by atoms with van der Waals surface area (Å²) in [6.07, 6.45) is 11.0. The lowest BCUT2D eigenvalue weighted by molar-refractivity contribution is -0.124. The first-order chi connectivity index (χ1) is 21.9. The number of rotatable bonds is 10. The molecule has 3 atom stereocenters. The van der Waals surface area contributed by atoms with Crippen LogP contribution in [0.15, 0.2) is 64.2 Å². The van der Waals surface area contributed by atoms with Crippen LogP contribution in [-0.4, -0.2) is 36.7 Å². The minimum atomic E-state index is -0.467. The Morgan fingerprint density at radius 3 is 2.24 bits per heavy atom. The highest BCUT2D eigenvalue weighted by atomic mass is 16.3. The Hall–Kier alpha value is -3.98. The third kappa shape index (κ3) is 6.41. The zero-order valence-corrected chi connectivity index (χ0v) is 26.4. The van der Waals surface area contributed by atoms with Crippen molar-refractivity contribution < 1.29 is 9.90 Å². The van der Waals surface area contributed by atoms with Crippen molar-refractivity contribution >= 4 is 17.1 Å². The number of nitrogens with zero attached hydrogens (tertiary/aromatic N) is 3. The number of H-pyrrole nitrogens is 1. The monoisotopic (exact) mass is 611 g/mol. The van der Waals surface area contributed by atoms with Crippen molar-refractivity contribution in [2.75, 3.05) is 6.61 Å². The van der Waals surface area contributed by atoms with Gasteiger partial charge >= 0.3 is 5.69 Å². The number of hydrogen-bond donors (Lipinski definition) is 3. The van der Waals surface area contributed by atoms with E-state index in [2.05, 4.69) is 29.4 Å². The number of nitrogens with one attached hydrogen (secondary N) is 2. The van der Waals surface area contributed by atoms with Gasteiger partial charge in [0.1, 0.15) is 5.82 Å². The molecule has 3 unspecified atom stereocenters. The molecule has 2 aromatic heterocycles. The minimum absolute atomic E-state index is 0.0616. The lowest BCUT2D eigenvalue weighted by Gasteiger charge is -2.27. The van der Waals surface area contributed by atoms with Crippen molar-refractivity contribution in [3.05, 3.63) is 98.0 Å². The first kappa shape index (κ1) is 31.0. The van der Waals surface area contributed by atoms with Crippen LogP contribution in [-0.2, 0) is 18.3 Å². The van der Waals surface area contributed by atoms with Crippen LogP contribution in [0.5, 0.6) is 0 Å². The van der Waals surface area contributed by atoms with Crippen LogP contribution in [0.3, 0.4) is 0 Å². The molecule has 0 radical (unpaired) electrons. The average Bonchev–Trinajstić information content (AvgIpc) is 3.72. The molecule has 1 amide bonds. The summed E-state index contributed by atoms with van der Waals surface area (Å²) in [6.45, 7) is 1.90. The Morgan fingerprint density at radius 2 is 1.58 bits per heavy atom. The van der Waals surface area contributed by atoms with Gasteiger partial charge in [0.25, 0.3) is 5.56 Å². The highest BCUT2D eigenvalue weighted by molar-refractivity contribution is 5.84. The predicted molar refractivity (Wildman–Crippen MR) is 175 cm³/mol. The fourth-order valence-electron chi connectivity index (χ4n) is 7.70. The van der Waals surface area contributed by atoms with Gasteiger partial charge in [-0.25, -0.2) is 9.78 Å². The van der Waals surface area contributed by atoms with Gasteiger partial charge in [-0.05, 0) is 48.3 Å². The largest absolute Gasteiger partial charge is 0.394 e. The molecule has 0 bridgehead atoms. The number of carbonyl (C=O) groups excluding carboxylic acids is 1. The first-order valence-electron chi connectivity index (χ1n) is 16.6. The highest BCUT2D eigenvalue weighted by Crippen LogP contribution is 2.39. The fraction of sp³-hybridized carbons (Fsp3) is 0.500. The first-order valence-corrected chi connectivity index (χ1v) is 16.6. The topological polar surface area (TPSA) is 122 Å². The number of aliphatic hydroxyl groups is 1. The Morgan fingerprint density at radius 1 is 0.933 bits per heavy atom. The molecule has 2 aromatic carbocycles. The number of fused-ring (bicyclic) bond motifs is 1. The van der Waals surface area contributed by atoms with E-state index >= 15 is 0 Å². The second kappa shape index (κ2) is 13.6. The van der Waals surface area contributed by atoms with E-state index < -0.39 is 17.3 Å². The number of aryl methyl sites for hydroxylation is 1. The number of hydrogen-bond acceptors (Lipinski definition) is 5. The molecular formula is C36H45N5O4. The van der Waals surface area contributed by atoms with Crippen LogP contribution in [0.4, 0.5) is 0 Å². The Kier molecular flexibility index (Phi) is 9.35. The standard InChI is InChI=1S/C36H45N5O4/c1-23(41-30(21-24-11-5-3-6-12-24)38-33-32(41)35(44)39-36(45)40(33)2)25-17-19-28(20-18-25)31(27-15-9-10-16-27)34(43)37-29(22-42)26-13-7-4-8-14-26/h4,7-8,13-14,17-20,23-24,27,29,31,42H,3,5-6,9-12,15-16,21-22H2,1-2H3,(H,37,43)(H,39,44,45). The van der Waals surface area contributed by atoms with Gasteiger partial charge in [-0.3, -0.25) is 19.1 Å². The molecule has 0 spiro atoms. The van der Waals surface area contributed by atoms with Gasteiger partial charge in [0.15, 0.2) is 11.2 Å². The second-order valence-corrected chi connectivity index (χ2v) is 13.1. The third-order valence-corrected chi connectivity index (χ3v) is 10.2. The number of aromatic amines is 1. The molecule has 2 saturated carbocycles. The van der Waals surface area contributed by atoms with E-state index in [-0.39, 0.29) is 30.4 Å². The van der Waals surface area contributed by atoms with Gasteiger partial charge < -0.3 is 15.0 Å². The summed E-state index contributed by atoms with van der Waals surface area (Å²) in [6, 6.07) is 17.1. The molecule has 2 fully saturated rings. The van der Waals surface area contributed by atoms with Gasteiger partial charge in [-0.15, -0.1) is 0 Å². The number of imidazole rings is 1. The molecule has 4 aromatic rings. The van der Waals surface area contributed by atoms with Crippen molar-refractivity contribution in [2.45, 2.75) is 89.1 Å². The molecule has 2 aliphatic rings. The van der Waals surface area contributed by atoms with Crippen LogP contribution < -0.4 is 16.6 Å². The number of amides is 1. The minimum Gasteiger partial charge on any atom is -0.394 e. The maximum Gasteiger partial charge on any atom is 0.329 e. The predicted octanol–water partition coefficient (Wildman–Crippen LogP) is 5.28. The van der Waals surface area contributed by atoms with E-state index in [1.54, 1.807) is 7.05 Å². The molecule has 0 aliphatic heterocycles. The van der Waals surface area contributed by atoms with E-state index in [1.165, 1.54) is 23.8 Å². The fourth-order valence-corrected chi connectivity index (χ4v) is 7.70. The Balaban J connectivity index is 1.32. The van der Waals surface area contributed by atoms with Crippen LogP contribution >= 0.6 is 0 Å². The lowest BCUT2D eigenvalue weighted by atomic mass is 9.83. The molecule has 238 valence electrons. The van der Waals surface area contributed by atoms with E-state index in [0.717, 1.165) is 67.5 Å². The van der Waals surface area contributed by atoms with Crippen LogP contribution in [0.1, 0.15) is 105 Å². The number of carbonyl (C=O) groups is 1. The molecule has 6 rings (SSSR count).